The molecule has 9 heteroatoms. The molecule has 8 nitrogen and oxygen atoms in total. The van der Waals surface area contributed by atoms with Crippen molar-refractivity contribution in [3.05, 3.63) is 54.7 Å². The highest BCUT2D eigenvalue weighted by atomic mass is 32.2. The minimum absolute atomic E-state index is 0.0210. The molecule has 1 saturated heterocycles. The number of para-hydroxylation sites is 1. The summed E-state index contributed by atoms with van der Waals surface area (Å²) in [4.78, 5) is 39.7. The number of nitrogens with one attached hydrogen (secondary N) is 2. The fourth-order valence-corrected chi connectivity index (χ4v) is 5.19. The highest BCUT2D eigenvalue weighted by molar-refractivity contribution is 8.00. The molecule has 35 heavy (non-hydrogen) atoms. The van der Waals surface area contributed by atoms with Crippen molar-refractivity contribution in [1.29, 1.82) is 0 Å². The summed E-state index contributed by atoms with van der Waals surface area (Å²) in [6.07, 6.45) is 1.99. The minimum atomic E-state index is -0.170. The van der Waals surface area contributed by atoms with Gasteiger partial charge in [-0.15, -0.1) is 11.8 Å². The smallest absolute Gasteiger partial charge is 0.242 e. The van der Waals surface area contributed by atoms with Crippen LogP contribution >= 0.6 is 11.8 Å². The molecular formula is C26H30N4O4S. The van der Waals surface area contributed by atoms with Gasteiger partial charge >= 0.3 is 0 Å². The lowest BCUT2D eigenvalue weighted by molar-refractivity contribution is -0.143. The number of hydrogen-bond acceptors (Lipinski definition) is 5. The second-order valence-corrected chi connectivity index (χ2v) is 9.81. The second kappa shape index (κ2) is 11.0. The molecule has 2 heterocycles. The highest BCUT2D eigenvalue weighted by Crippen LogP contribution is 2.30. The zero-order valence-electron chi connectivity index (χ0n) is 20.1. The molecule has 0 radical (unpaired) electrons. The number of aromatic nitrogens is 1. The van der Waals surface area contributed by atoms with Gasteiger partial charge in [0, 0.05) is 53.4 Å². The number of anilines is 2. The third-order valence-electron chi connectivity index (χ3n) is 5.66. The maximum Gasteiger partial charge on any atom is 0.242 e. The minimum Gasteiger partial charge on any atom is -0.372 e. The van der Waals surface area contributed by atoms with E-state index in [1.54, 1.807) is 24.3 Å². The Morgan fingerprint density at radius 3 is 2.40 bits per heavy atom. The van der Waals surface area contributed by atoms with Gasteiger partial charge in [-0.05, 0) is 38.1 Å². The summed E-state index contributed by atoms with van der Waals surface area (Å²) in [6, 6.07) is 14.9. The fourth-order valence-electron chi connectivity index (χ4n) is 4.30. The van der Waals surface area contributed by atoms with E-state index in [1.807, 2.05) is 53.8 Å². The normalized spacial score (nSPS) is 17.9. The summed E-state index contributed by atoms with van der Waals surface area (Å²) in [5.41, 5.74) is 2.20. The molecule has 0 spiro atoms. The fraction of sp³-hybridized carbons (Fsp3) is 0.346. The van der Waals surface area contributed by atoms with Gasteiger partial charge in [-0.25, -0.2) is 0 Å². The zero-order valence-corrected chi connectivity index (χ0v) is 20.9. The first-order valence-electron chi connectivity index (χ1n) is 11.6. The van der Waals surface area contributed by atoms with Crippen molar-refractivity contribution in [2.45, 2.75) is 44.4 Å². The molecule has 1 fully saturated rings. The summed E-state index contributed by atoms with van der Waals surface area (Å²) in [6.45, 7) is 6.82. The van der Waals surface area contributed by atoms with Gasteiger partial charge in [0.05, 0.1) is 18.0 Å². The SMILES string of the molecule is CC(=O)Nc1cccc(NC(=O)CSc2cn(CC(=O)N3C[C@@H](C)O[C@H](C)C3)c3ccccc23)c1. The third-order valence-corrected chi connectivity index (χ3v) is 6.70. The Bertz CT molecular complexity index is 1230. The first-order chi connectivity index (χ1) is 16.8. The molecule has 3 aromatic rings. The quantitative estimate of drug-likeness (QED) is 0.485. The van der Waals surface area contributed by atoms with Crippen molar-refractivity contribution in [2.75, 3.05) is 29.5 Å². The van der Waals surface area contributed by atoms with Crippen LogP contribution in [0.4, 0.5) is 11.4 Å². The van der Waals surface area contributed by atoms with Gasteiger partial charge in [0.25, 0.3) is 0 Å². The van der Waals surface area contributed by atoms with E-state index in [9.17, 15) is 14.4 Å². The molecular weight excluding hydrogens is 464 g/mol. The van der Waals surface area contributed by atoms with Crippen LogP contribution in [0.25, 0.3) is 10.9 Å². The Kier molecular flexibility index (Phi) is 7.77. The van der Waals surface area contributed by atoms with Crippen LogP contribution in [-0.4, -0.2) is 58.2 Å². The molecule has 2 atom stereocenters. The number of nitrogens with zero attached hydrogens (tertiary/aromatic N) is 2. The van der Waals surface area contributed by atoms with Crippen LogP contribution in [0.3, 0.4) is 0 Å². The lowest BCUT2D eigenvalue weighted by Gasteiger charge is -2.35. The van der Waals surface area contributed by atoms with Crippen LogP contribution in [0.15, 0.2) is 59.6 Å². The van der Waals surface area contributed by atoms with E-state index in [0.29, 0.717) is 24.5 Å². The number of carbonyl (C=O) groups is 3. The summed E-state index contributed by atoms with van der Waals surface area (Å²) >= 11 is 1.43. The average molecular weight is 495 g/mol. The number of carbonyl (C=O) groups excluding carboxylic acids is 3. The number of morpholine rings is 1. The molecule has 2 aromatic carbocycles. The second-order valence-electron chi connectivity index (χ2n) is 8.79. The highest BCUT2D eigenvalue weighted by Gasteiger charge is 2.26. The van der Waals surface area contributed by atoms with Crippen LogP contribution < -0.4 is 10.6 Å². The molecule has 0 unspecified atom stereocenters. The van der Waals surface area contributed by atoms with E-state index in [2.05, 4.69) is 10.6 Å². The van der Waals surface area contributed by atoms with Crippen molar-refractivity contribution in [3.63, 3.8) is 0 Å². The topological polar surface area (TPSA) is 92.7 Å². The lowest BCUT2D eigenvalue weighted by atomic mass is 10.2. The molecule has 1 aliphatic rings. The summed E-state index contributed by atoms with van der Waals surface area (Å²) < 4.78 is 7.71. The Balaban J connectivity index is 1.42. The molecule has 1 aliphatic heterocycles. The first-order valence-corrected chi connectivity index (χ1v) is 12.6. The maximum atomic E-state index is 13.0. The Labute approximate surface area is 209 Å². The maximum absolute atomic E-state index is 13.0. The molecule has 0 bridgehead atoms. The largest absolute Gasteiger partial charge is 0.372 e. The summed E-state index contributed by atoms with van der Waals surface area (Å²) in [5.74, 6) is -0.0537. The monoisotopic (exact) mass is 494 g/mol. The van der Waals surface area contributed by atoms with Crippen molar-refractivity contribution in [3.8, 4) is 0 Å². The van der Waals surface area contributed by atoms with E-state index < -0.39 is 0 Å². The molecule has 184 valence electrons. The third kappa shape index (κ3) is 6.43. The van der Waals surface area contributed by atoms with Gasteiger partial charge in [-0.1, -0.05) is 24.3 Å². The van der Waals surface area contributed by atoms with Gasteiger partial charge in [-0.2, -0.15) is 0 Å². The molecule has 1 aromatic heterocycles. The van der Waals surface area contributed by atoms with Crippen LogP contribution in [0, 0.1) is 0 Å². The number of fused-ring (bicyclic) bond motifs is 1. The van der Waals surface area contributed by atoms with Gasteiger partial charge < -0.3 is 24.8 Å². The summed E-state index contributed by atoms with van der Waals surface area (Å²) in [7, 11) is 0. The van der Waals surface area contributed by atoms with Gasteiger partial charge in [0.2, 0.25) is 17.7 Å². The van der Waals surface area contributed by atoms with E-state index in [0.717, 1.165) is 15.8 Å². The Hall–Kier alpha value is -3.30. The van der Waals surface area contributed by atoms with Gasteiger partial charge in [0.1, 0.15) is 6.54 Å². The number of rotatable bonds is 7. The zero-order chi connectivity index (χ0) is 24.9. The predicted molar refractivity (Wildman–Crippen MR) is 139 cm³/mol. The average Bonchev–Trinajstić information content (AvgIpc) is 3.14. The lowest BCUT2D eigenvalue weighted by Crippen LogP contribution is -2.49. The molecule has 0 saturated carbocycles. The molecule has 3 amide bonds. The van der Waals surface area contributed by atoms with Crippen molar-refractivity contribution in [1.82, 2.24) is 9.47 Å². The number of amides is 3. The van der Waals surface area contributed by atoms with Crippen molar-refractivity contribution in [2.24, 2.45) is 0 Å². The van der Waals surface area contributed by atoms with Crippen molar-refractivity contribution >= 4 is 51.8 Å². The number of ether oxygens (including phenoxy) is 1. The number of hydrogen-bond donors (Lipinski definition) is 2. The Morgan fingerprint density at radius 1 is 1.00 bits per heavy atom. The van der Waals surface area contributed by atoms with Crippen LogP contribution in [-0.2, 0) is 25.7 Å². The number of thioether (sulfide) groups is 1. The van der Waals surface area contributed by atoms with Crippen LogP contribution in [0.5, 0.6) is 0 Å². The molecule has 2 N–H and O–H groups in total. The van der Waals surface area contributed by atoms with Gasteiger partial charge in [-0.3, -0.25) is 14.4 Å². The molecule has 4 rings (SSSR count). The standard InChI is InChI=1S/C26H30N4O4S/c1-17-12-30(13-18(2)34-17)26(33)15-29-14-24(22-9-4-5-10-23(22)29)35-16-25(32)28-21-8-6-7-20(11-21)27-19(3)31/h4-11,14,17-18H,12-13,15-16H2,1-3H3,(H,27,31)(H,28,32)/t17-,18-/m1/s1. The van der Waals surface area contributed by atoms with Crippen LogP contribution in [0.2, 0.25) is 0 Å². The number of benzene rings is 2. The molecule has 0 aliphatic carbocycles. The summed E-state index contributed by atoms with van der Waals surface area (Å²) in [5, 5.41) is 6.59. The van der Waals surface area contributed by atoms with Crippen molar-refractivity contribution < 1.29 is 19.1 Å². The van der Waals surface area contributed by atoms with Gasteiger partial charge in [0.15, 0.2) is 0 Å². The first kappa shape index (κ1) is 24.8. The van der Waals surface area contributed by atoms with Crippen LogP contribution in [0.1, 0.15) is 20.8 Å². The predicted octanol–water partition coefficient (Wildman–Crippen LogP) is 3.97. The van der Waals surface area contributed by atoms with E-state index >= 15 is 0 Å². The van der Waals surface area contributed by atoms with E-state index in [1.165, 1.54) is 18.7 Å². The van der Waals surface area contributed by atoms with E-state index in [-0.39, 0.29) is 42.2 Å². The Morgan fingerprint density at radius 2 is 1.69 bits per heavy atom. The van der Waals surface area contributed by atoms with E-state index in [4.69, 9.17) is 4.74 Å².